The van der Waals surface area contributed by atoms with Crippen molar-refractivity contribution in [2.45, 2.75) is 82.3 Å². The number of unbranched alkanes of at least 4 members (excludes halogenated alkanes) is 3. The van der Waals surface area contributed by atoms with Crippen LogP contribution >= 0.6 is 0 Å². The third kappa shape index (κ3) is 18.8. The van der Waals surface area contributed by atoms with Gasteiger partial charge in [0, 0.05) is 0 Å². The molecule has 4 amide bonds. The Labute approximate surface area is 276 Å². The normalized spacial score (nSPS) is 13.5. The Morgan fingerprint density at radius 3 is 1.78 bits per heavy atom. The van der Waals surface area contributed by atoms with Crippen LogP contribution in [0.2, 0.25) is 0 Å². The maximum atomic E-state index is 12.9. The van der Waals surface area contributed by atoms with Crippen molar-refractivity contribution in [3.05, 3.63) is 0 Å². The zero-order chi connectivity index (χ0) is 27.9. The van der Waals surface area contributed by atoms with Gasteiger partial charge in [-0.25, -0.2) is 0 Å². The van der Waals surface area contributed by atoms with Gasteiger partial charge in [0.25, 0.3) is 0 Å². The summed E-state index contributed by atoms with van der Waals surface area (Å²) in [5, 5.41) is 8.64. The summed E-state index contributed by atoms with van der Waals surface area (Å²) in [6.45, 7) is 2.73. The van der Waals surface area contributed by atoms with Crippen molar-refractivity contribution in [2.75, 3.05) is 26.2 Å². The van der Waals surface area contributed by atoms with Crippen LogP contribution in [0.1, 0.15) is 64.2 Å². The molecule has 0 spiro atoms. The zero-order valence-corrected chi connectivity index (χ0v) is 52.0. The molecule has 0 aromatic carbocycles. The van der Waals surface area contributed by atoms with E-state index in [2.05, 4.69) is 27.8 Å². The predicted molar refractivity (Wildman–Crippen MR) is 123 cm³/mol. The van der Waals surface area contributed by atoms with E-state index in [4.69, 9.17) is 5.73 Å². The molecular formula is C21H40Fr2N8O4Rf2. The van der Waals surface area contributed by atoms with E-state index in [1.165, 1.54) is 0 Å². The average Bonchev–Trinajstić information content (AvgIpc) is 2.87. The Morgan fingerprint density at radius 2 is 1.22 bits per heavy atom. The van der Waals surface area contributed by atoms with Gasteiger partial charge in [-0.1, -0.05) is 0 Å². The van der Waals surface area contributed by atoms with Gasteiger partial charge in [0.1, 0.15) is 0 Å². The predicted octanol–water partition coefficient (Wildman–Crippen LogP) is -1.96. The summed E-state index contributed by atoms with van der Waals surface area (Å²) in [7, 11) is 0. The Morgan fingerprint density at radius 1 is 0.676 bits per heavy atom. The Kier molecular flexibility index (Phi) is 23.3. The summed E-state index contributed by atoms with van der Waals surface area (Å²) in [5.74, 6) is -0.904. The van der Waals surface area contributed by atoms with Crippen LogP contribution in [-0.2, 0) is 19.2 Å². The van der Waals surface area contributed by atoms with E-state index >= 15 is 0 Å². The van der Waals surface area contributed by atoms with Gasteiger partial charge >= 0.3 is 281 Å². The first-order valence-electron chi connectivity index (χ1n) is 13.3. The van der Waals surface area contributed by atoms with Gasteiger partial charge in [0.15, 0.2) is 0 Å². The summed E-state index contributed by atoms with van der Waals surface area (Å²) < 4.78 is 7.31. The van der Waals surface area contributed by atoms with Gasteiger partial charge in [-0.3, -0.25) is 0 Å². The van der Waals surface area contributed by atoms with Crippen molar-refractivity contribution in [1.29, 1.82) is 0 Å². The number of hydrogen-bond donors (Lipinski definition) is 8. The van der Waals surface area contributed by atoms with E-state index in [0.717, 1.165) is 51.6 Å². The molecule has 12 nitrogen and oxygen atoms in total. The van der Waals surface area contributed by atoms with Crippen LogP contribution in [-0.4, -0.2) is 67.9 Å². The molecule has 16 heteroatoms. The SMILES string of the molecule is NC(=O)CCNC(=O)[C@H](CCCCNC(=O)[C@H](CCCC[NH][Rf])[NH][Fr])NC(=O)[C@H](CCCC[NH][Fr])[NH][Rf]. The molecule has 0 unspecified atom stereocenters. The van der Waals surface area contributed by atoms with E-state index in [1.807, 2.05) is 0 Å². The number of carbonyl (C=O) groups excluding carboxylic acids is 4. The van der Waals surface area contributed by atoms with Crippen LogP contribution < -0.4 is 33.5 Å². The number of amides is 4. The number of carbonyl (C=O) groups is 4. The van der Waals surface area contributed by atoms with E-state index in [1.54, 1.807) is 0 Å². The molecule has 9 N–H and O–H groups in total. The third-order valence-electron chi connectivity index (χ3n) is 6.02. The first-order chi connectivity index (χ1) is 17.8. The molecule has 0 bridgehead atoms. The standard InChI is InChI=1S/C21H40N8O4.2Fr.2Rf/c22-11-4-1-7-15(24)19(31)27-13-6-3-9-17(21(33)28-14-10-18(26)30)29-20(32)16(25)8-2-5-12-23;;;;/h15-17,22-25H,1-14H2,(H2,26,30)(H,27,31)(H,28,33)(H,29,32);;;;/q-4;4*+1/t15-,16-,17-;;;;/m0..../s1. The van der Waals surface area contributed by atoms with Crippen LogP contribution in [0, 0.1) is 95.9 Å². The van der Waals surface area contributed by atoms with Crippen LogP contribution in [0.15, 0.2) is 0 Å². The molecule has 0 saturated heterocycles. The van der Waals surface area contributed by atoms with Gasteiger partial charge in [0.2, 0.25) is 0 Å². The Bertz CT molecular complexity index is 670. The second-order valence-electron chi connectivity index (χ2n) is 9.05. The van der Waals surface area contributed by atoms with Crippen molar-refractivity contribution >= 4 is 23.6 Å². The van der Waals surface area contributed by atoms with Crippen molar-refractivity contribution in [1.82, 2.24) is 27.8 Å². The van der Waals surface area contributed by atoms with Crippen molar-refractivity contribution in [3.63, 3.8) is 0 Å². The third-order valence-corrected chi connectivity index (χ3v) is 14.8. The van der Waals surface area contributed by atoms with Crippen LogP contribution in [0.5, 0.6) is 0 Å². The minimum atomic E-state index is -0.689. The van der Waals surface area contributed by atoms with Crippen LogP contribution in [0.3, 0.4) is 0 Å². The molecule has 0 aromatic heterocycles. The van der Waals surface area contributed by atoms with Crippen molar-refractivity contribution in [2.24, 2.45) is 5.73 Å². The molecule has 0 radical (unpaired) electrons. The average molecular weight is 1450 g/mol. The second kappa shape index (κ2) is 24.0. The summed E-state index contributed by atoms with van der Waals surface area (Å²) >= 11 is 0.425. The maximum absolute atomic E-state index is 12.9. The van der Waals surface area contributed by atoms with Crippen LogP contribution in [0.4, 0.5) is 0 Å². The molecule has 37 heavy (non-hydrogen) atoms. The zero-order valence-electron chi connectivity index (χ0n) is 22.8. The molecule has 0 aliphatic carbocycles. The van der Waals surface area contributed by atoms with E-state index in [-0.39, 0.29) is 90.7 Å². The fourth-order valence-electron chi connectivity index (χ4n) is 3.76. The quantitative estimate of drug-likeness (QED) is 0.0515. The summed E-state index contributed by atoms with van der Waals surface area (Å²) in [6.07, 6.45) is 7.61. The van der Waals surface area contributed by atoms with Crippen molar-refractivity contribution < 1.29 is 115 Å². The van der Waals surface area contributed by atoms with Gasteiger partial charge in [-0.05, 0) is 0 Å². The summed E-state index contributed by atoms with van der Waals surface area (Å²) in [6, 6.07) is -1.07. The fraction of sp³-hybridized carbons (Fsp3) is 0.810. The number of primary amides is 1. The first kappa shape index (κ1) is 35.9. The van der Waals surface area contributed by atoms with Gasteiger partial charge in [-0.2, -0.15) is 0 Å². The molecule has 3 atom stereocenters. The molecule has 0 aromatic rings. The van der Waals surface area contributed by atoms with E-state index < -0.39 is 11.9 Å². The van der Waals surface area contributed by atoms with Crippen LogP contribution in [0.25, 0.3) is 0 Å². The second-order valence-corrected chi connectivity index (χ2v) is 18.4. The number of nitrogens with one attached hydrogen (secondary N) is 7. The monoisotopic (exact) mass is 1450 g/mol. The molecule has 0 aliphatic heterocycles. The van der Waals surface area contributed by atoms with E-state index in [9.17, 15) is 19.2 Å². The first-order valence-corrected chi connectivity index (χ1v) is 27.9. The number of nitrogens with two attached hydrogens (primary N) is 1. The number of rotatable bonds is 24. The summed E-state index contributed by atoms with van der Waals surface area (Å²) in [5.41, 5.74) is 11.8. The number of hydrogen-bond acceptors (Lipinski definition) is 8. The summed E-state index contributed by atoms with van der Waals surface area (Å²) in [4.78, 5) is 49.2. The minimum absolute atomic E-state index is 0.0485. The molecule has 194 valence electrons. The van der Waals surface area contributed by atoms with E-state index in [0.29, 0.717) is 73.7 Å². The van der Waals surface area contributed by atoms with Gasteiger partial charge < -0.3 is 0 Å². The molecular weight excluding hydrogens is 1410 g/mol. The Hall–Kier alpha value is -1.09. The van der Waals surface area contributed by atoms with Gasteiger partial charge in [-0.15, -0.1) is 0 Å². The van der Waals surface area contributed by atoms with Crippen molar-refractivity contribution in [3.8, 4) is 0 Å². The van der Waals surface area contributed by atoms with Gasteiger partial charge in [0.05, 0.1) is 0 Å². The molecule has 0 fully saturated rings. The fourth-order valence-corrected chi connectivity index (χ4v) is 10.4. The molecule has 0 rings (SSSR count). The topological polar surface area (TPSA) is 179 Å². The molecule has 0 heterocycles. The molecule has 0 aliphatic rings. The Balaban J connectivity index is 4.73. The molecule has 0 saturated carbocycles.